The number of thiocarbonyl (C=S) groups is 1. The second kappa shape index (κ2) is 5.26. The van der Waals surface area contributed by atoms with Gasteiger partial charge >= 0.3 is 0 Å². The van der Waals surface area contributed by atoms with Gasteiger partial charge in [-0.2, -0.15) is 0 Å². The van der Waals surface area contributed by atoms with E-state index in [9.17, 15) is 0 Å². The molecule has 110 valence electrons. The molecule has 4 heteroatoms. The number of benzene rings is 1. The number of fused-ring (bicyclic) bond motifs is 1. The van der Waals surface area contributed by atoms with Gasteiger partial charge in [0.25, 0.3) is 0 Å². The summed E-state index contributed by atoms with van der Waals surface area (Å²) in [5.41, 5.74) is 9.40. The van der Waals surface area contributed by atoms with Gasteiger partial charge < -0.3 is 10.6 Å². The molecule has 1 aliphatic rings. The molecule has 3 rings (SSSR count). The maximum absolute atomic E-state index is 5.93. The second-order valence-corrected chi connectivity index (χ2v) is 6.99. The first-order valence-corrected chi connectivity index (χ1v) is 7.81. The van der Waals surface area contributed by atoms with E-state index < -0.39 is 0 Å². The van der Waals surface area contributed by atoms with Crippen molar-refractivity contribution in [2.45, 2.75) is 26.7 Å². The van der Waals surface area contributed by atoms with E-state index >= 15 is 0 Å². The van der Waals surface area contributed by atoms with Gasteiger partial charge in [0.05, 0.1) is 16.8 Å². The van der Waals surface area contributed by atoms with Crippen LogP contribution in [-0.4, -0.2) is 23.1 Å². The van der Waals surface area contributed by atoms with E-state index in [-0.39, 0.29) is 0 Å². The van der Waals surface area contributed by atoms with Crippen molar-refractivity contribution < 1.29 is 0 Å². The van der Waals surface area contributed by atoms with Gasteiger partial charge in [-0.15, -0.1) is 0 Å². The smallest absolute Gasteiger partial charge is 0.107 e. The Morgan fingerprint density at radius 3 is 2.57 bits per heavy atom. The minimum atomic E-state index is 0.419. The van der Waals surface area contributed by atoms with Crippen LogP contribution in [0.1, 0.15) is 32.3 Å². The van der Waals surface area contributed by atoms with Crippen LogP contribution >= 0.6 is 12.2 Å². The summed E-state index contributed by atoms with van der Waals surface area (Å²) in [7, 11) is 0. The summed E-state index contributed by atoms with van der Waals surface area (Å²) in [5, 5.41) is 1.14. The maximum atomic E-state index is 5.93. The lowest BCUT2D eigenvalue weighted by atomic mass is 9.82. The van der Waals surface area contributed by atoms with Crippen molar-refractivity contribution in [2.75, 3.05) is 18.0 Å². The molecular formula is C17H21N3S. The van der Waals surface area contributed by atoms with Crippen LogP contribution in [0, 0.1) is 5.41 Å². The molecule has 1 saturated heterocycles. The number of aromatic nitrogens is 1. The molecule has 0 spiro atoms. The molecule has 0 bridgehead atoms. The minimum absolute atomic E-state index is 0.419. The van der Waals surface area contributed by atoms with E-state index in [1.807, 2.05) is 24.4 Å². The molecule has 0 aliphatic carbocycles. The number of rotatable bonds is 2. The average Bonchev–Trinajstić information content (AvgIpc) is 2.46. The first-order chi connectivity index (χ1) is 9.98. The highest BCUT2D eigenvalue weighted by Crippen LogP contribution is 2.36. The molecule has 1 fully saturated rings. The molecule has 3 nitrogen and oxygen atoms in total. The molecular weight excluding hydrogens is 278 g/mol. The zero-order valence-electron chi connectivity index (χ0n) is 12.6. The summed E-state index contributed by atoms with van der Waals surface area (Å²) < 4.78 is 0. The summed E-state index contributed by atoms with van der Waals surface area (Å²) in [6.07, 6.45) is 4.18. The molecule has 1 aromatic carbocycles. The normalized spacial score (nSPS) is 17.9. The standard InChI is InChI=1S/C17H21N3S/c1-17(2)7-9-20(10-8-17)15-12-5-3-4-6-14(12)19-11-13(15)16(18)21/h3-6,11H,7-10H2,1-2H3,(H2,18,21). The number of nitrogens with two attached hydrogens (primary N) is 1. The number of anilines is 1. The molecule has 0 radical (unpaired) electrons. The van der Waals surface area contributed by atoms with Gasteiger partial charge in [0.2, 0.25) is 0 Å². The van der Waals surface area contributed by atoms with Crippen LogP contribution < -0.4 is 10.6 Å². The van der Waals surface area contributed by atoms with E-state index in [1.165, 1.54) is 12.8 Å². The van der Waals surface area contributed by atoms with Crippen LogP contribution in [0.5, 0.6) is 0 Å². The number of nitrogens with zero attached hydrogens (tertiary/aromatic N) is 2. The Morgan fingerprint density at radius 1 is 1.24 bits per heavy atom. The largest absolute Gasteiger partial charge is 0.389 e. The topological polar surface area (TPSA) is 42.1 Å². The zero-order valence-corrected chi connectivity index (χ0v) is 13.4. The Balaban J connectivity index is 2.11. The molecule has 0 saturated carbocycles. The van der Waals surface area contributed by atoms with E-state index in [0.29, 0.717) is 10.4 Å². The predicted octanol–water partition coefficient (Wildman–Crippen LogP) is 3.50. The van der Waals surface area contributed by atoms with Crippen LogP contribution in [0.15, 0.2) is 30.5 Å². The van der Waals surface area contributed by atoms with Crippen LogP contribution in [0.4, 0.5) is 5.69 Å². The van der Waals surface area contributed by atoms with Crippen LogP contribution in [0.3, 0.4) is 0 Å². The van der Waals surface area contributed by atoms with Gasteiger partial charge in [0.1, 0.15) is 4.99 Å². The summed E-state index contributed by atoms with van der Waals surface area (Å²) in [4.78, 5) is 7.34. The van der Waals surface area contributed by atoms with Crippen molar-refractivity contribution in [2.24, 2.45) is 11.1 Å². The van der Waals surface area contributed by atoms with Crippen LogP contribution in [-0.2, 0) is 0 Å². The van der Waals surface area contributed by atoms with E-state index in [4.69, 9.17) is 18.0 Å². The second-order valence-electron chi connectivity index (χ2n) is 6.55. The highest BCUT2D eigenvalue weighted by Gasteiger charge is 2.27. The minimum Gasteiger partial charge on any atom is -0.389 e. The van der Waals surface area contributed by atoms with E-state index in [0.717, 1.165) is 35.2 Å². The molecule has 0 amide bonds. The highest BCUT2D eigenvalue weighted by molar-refractivity contribution is 7.80. The third-order valence-corrected chi connectivity index (χ3v) is 4.67. The maximum Gasteiger partial charge on any atom is 0.107 e. The Kier molecular flexibility index (Phi) is 3.57. The number of hydrogen-bond acceptors (Lipinski definition) is 3. The fraction of sp³-hybridized carbons (Fsp3) is 0.412. The van der Waals surface area contributed by atoms with Gasteiger partial charge in [0, 0.05) is 24.7 Å². The van der Waals surface area contributed by atoms with Gasteiger partial charge in [-0.05, 0) is 24.3 Å². The zero-order chi connectivity index (χ0) is 15.0. The Labute approximate surface area is 131 Å². The summed E-state index contributed by atoms with van der Waals surface area (Å²) in [5.74, 6) is 0. The lowest BCUT2D eigenvalue weighted by Crippen LogP contribution is -2.38. The Morgan fingerprint density at radius 2 is 1.90 bits per heavy atom. The van der Waals surface area contributed by atoms with E-state index in [2.05, 4.69) is 29.8 Å². The lowest BCUT2D eigenvalue weighted by molar-refractivity contribution is 0.280. The highest BCUT2D eigenvalue weighted by atomic mass is 32.1. The quantitative estimate of drug-likeness (QED) is 0.862. The molecule has 2 heterocycles. The molecule has 1 aliphatic heterocycles. The van der Waals surface area contributed by atoms with Crippen molar-refractivity contribution in [3.05, 3.63) is 36.0 Å². The summed E-state index contributed by atoms with van der Waals surface area (Å²) in [6, 6.07) is 8.21. The number of para-hydroxylation sites is 1. The predicted molar refractivity (Wildman–Crippen MR) is 92.9 cm³/mol. The fourth-order valence-corrected chi connectivity index (χ4v) is 3.13. The molecule has 2 aromatic rings. The fourth-order valence-electron chi connectivity index (χ4n) is 2.98. The third kappa shape index (κ3) is 2.72. The van der Waals surface area contributed by atoms with E-state index in [1.54, 1.807) is 0 Å². The third-order valence-electron chi connectivity index (χ3n) is 4.45. The van der Waals surface area contributed by atoms with Crippen molar-refractivity contribution in [1.29, 1.82) is 0 Å². The average molecular weight is 299 g/mol. The number of pyridine rings is 1. The molecule has 0 atom stereocenters. The molecule has 0 unspecified atom stereocenters. The van der Waals surface area contributed by atoms with Crippen molar-refractivity contribution in [3.8, 4) is 0 Å². The first kappa shape index (κ1) is 14.3. The summed E-state index contributed by atoms with van der Waals surface area (Å²) in [6.45, 7) is 6.75. The van der Waals surface area contributed by atoms with Crippen molar-refractivity contribution in [3.63, 3.8) is 0 Å². The van der Waals surface area contributed by atoms with Crippen LogP contribution in [0.25, 0.3) is 10.9 Å². The first-order valence-electron chi connectivity index (χ1n) is 7.40. The van der Waals surface area contributed by atoms with Crippen LogP contribution in [0.2, 0.25) is 0 Å². The summed E-state index contributed by atoms with van der Waals surface area (Å²) >= 11 is 5.24. The van der Waals surface area contributed by atoms with Gasteiger partial charge in [-0.3, -0.25) is 4.98 Å². The Bertz CT molecular complexity index is 683. The van der Waals surface area contributed by atoms with Gasteiger partial charge in [-0.1, -0.05) is 44.3 Å². The van der Waals surface area contributed by atoms with Gasteiger partial charge in [0.15, 0.2) is 0 Å². The number of piperidine rings is 1. The molecule has 2 N–H and O–H groups in total. The SMILES string of the molecule is CC1(C)CCN(c2c(C(N)=S)cnc3ccccc23)CC1. The van der Waals surface area contributed by atoms with Crippen molar-refractivity contribution in [1.82, 2.24) is 4.98 Å². The van der Waals surface area contributed by atoms with Crippen molar-refractivity contribution >= 4 is 33.8 Å². The molecule has 1 aromatic heterocycles. The van der Waals surface area contributed by atoms with Gasteiger partial charge in [-0.25, -0.2) is 0 Å². The molecule has 21 heavy (non-hydrogen) atoms. The lowest BCUT2D eigenvalue weighted by Gasteiger charge is -2.39. The monoisotopic (exact) mass is 299 g/mol. The number of hydrogen-bond donors (Lipinski definition) is 1. The Hall–Kier alpha value is -1.68.